The van der Waals surface area contributed by atoms with Crippen LogP contribution in [-0.2, 0) is 0 Å². The molecular formula is C9H7N3OS. The summed E-state index contributed by atoms with van der Waals surface area (Å²) in [5.74, 6) is -0.164. The highest BCUT2D eigenvalue weighted by molar-refractivity contribution is 7.14. The van der Waals surface area contributed by atoms with Crippen molar-refractivity contribution in [1.82, 2.24) is 9.97 Å². The number of aromatic nitrogens is 2. The third-order valence-electron chi connectivity index (χ3n) is 1.59. The molecule has 2 heterocycles. The van der Waals surface area contributed by atoms with Crippen LogP contribution < -0.4 is 5.32 Å². The van der Waals surface area contributed by atoms with Gasteiger partial charge in [0.05, 0.1) is 17.3 Å². The topological polar surface area (TPSA) is 54.9 Å². The number of pyridine rings is 1. The zero-order chi connectivity index (χ0) is 9.80. The fraction of sp³-hybridized carbons (Fsp3) is 0. The second-order valence-electron chi connectivity index (χ2n) is 2.56. The molecular weight excluding hydrogens is 198 g/mol. The van der Waals surface area contributed by atoms with E-state index in [1.165, 1.54) is 17.5 Å². The van der Waals surface area contributed by atoms with E-state index in [9.17, 15) is 4.79 Å². The van der Waals surface area contributed by atoms with Gasteiger partial charge in [-0.1, -0.05) is 0 Å². The van der Waals surface area contributed by atoms with Crippen LogP contribution in [0.2, 0.25) is 0 Å². The normalized spacial score (nSPS) is 9.71. The minimum Gasteiger partial charge on any atom is -0.312 e. The number of anilines is 1. The maximum Gasteiger partial charge on any atom is 0.257 e. The molecule has 2 rings (SSSR count). The molecule has 0 atom stereocenters. The Kier molecular flexibility index (Phi) is 2.51. The van der Waals surface area contributed by atoms with E-state index in [0.29, 0.717) is 5.56 Å². The van der Waals surface area contributed by atoms with E-state index >= 15 is 0 Å². The number of carbonyl (C=O) groups is 1. The van der Waals surface area contributed by atoms with E-state index in [0.717, 1.165) is 5.00 Å². The molecule has 0 saturated carbocycles. The number of hydrogen-bond donors (Lipinski definition) is 1. The van der Waals surface area contributed by atoms with Gasteiger partial charge in [0.1, 0.15) is 5.00 Å². The minimum absolute atomic E-state index is 0.164. The summed E-state index contributed by atoms with van der Waals surface area (Å²) in [5.41, 5.74) is 2.21. The lowest BCUT2D eigenvalue weighted by molar-refractivity contribution is 0.102. The number of rotatable bonds is 2. The van der Waals surface area contributed by atoms with Gasteiger partial charge < -0.3 is 5.32 Å². The standard InChI is InChI=1S/C9H7N3OS/c13-9(7-2-1-3-10-4-7)12-8-5-11-6-14-8/h1-6H,(H,12,13). The van der Waals surface area contributed by atoms with Crippen molar-refractivity contribution in [2.24, 2.45) is 0 Å². The number of nitrogens with one attached hydrogen (secondary N) is 1. The molecule has 4 nitrogen and oxygen atoms in total. The summed E-state index contributed by atoms with van der Waals surface area (Å²) in [4.78, 5) is 19.3. The summed E-state index contributed by atoms with van der Waals surface area (Å²) >= 11 is 1.38. The smallest absolute Gasteiger partial charge is 0.257 e. The molecule has 0 aliphatic rings. The Bertz CT molecular complexity index is 413. The molecule has 0 aliphatic carbocycles. The number of amides is 1. The van der Waals surface area contributed by atoms with Crippen molar-refractivity contribution in [2.45, 2.75) is 0 Å². The van der Waals surface area contributed by atoms with Crippen LogP contribution in [0.15, 0.2) is 36.2 Å². The molecule has 0 radical (unpaired) electrons. The summed E-state index contributed by atoms with van der Waals surface area (Å²) in [6.07, 6.45) is 4.76. The SMILES string of the molecule is O=C(Nc1cncs1)c1cccnc1. The van der Waals surface area contributed by atoms with Gasteiger partial charge in [-0.3, -0.25) is 14.8 Å². The van der Waals surface area contributed by atoms with Crippen molar-refractivity contribution < 1.29 is 4.79 Å². The molecule has 0 unspecified atom stereocenters. The highest BCUT2D eigenvalue weighted by Gasteiger charge is 2.05. The monoisotopic (exact) mass is 205 g/mol. The molecule has 14 heavy (non-hydrogen) atoms. The number of thiazole rings is 1. The fourth-order valence-corrected chi connectivity index (χ4v) is 1.47. The van der Waals surface area contributed by atoms with E-state index in [1.807, 2.05) is 0 Å². The van der Waals surface area contributed by atoms with Crippen LogP contribution in [0.5, 0.6) is 0 Å². The summed E-state index contributed by atoms with van der Waals surface area (Å²) in [6, 6.07) is 3.44. The van der Waals surface area contributed by atoms with Gasteiger partial charge >= 0.3 is 0 Å². The Balaban J connectivity index is 2.11. The van der Waals surface area contributed by atoms with E-state index in [-0.39, 0.29) is 5.91 Å². The molecule has 0 saturated heterocycles. The Morgan fingerprint density at radius 3 is 2.93 bits per heavy atom. The predicted molar refractivity (Wildman–Crippen MR) is 54.3 cm³/mol. The molecule has 0 fully saturated rings. The summed E-state index contributed by atoms with van der Waals surface area (Å²) in [5, 5.41) is 3.45. The van der Waals surface area contributed by atoms with Crippen molar-refractivity contribution in [3.05, 3.63) is 41.8 Å². The maximum absolute atomic E-state index is 11.5. The van der Waals surface area contributed by atoms with E-state index < -0.39 is 0 Å². The summed E-state index contributed by atoms with van der Waals surface area (Å²) in [6.45, 7) is 0. The molecule has 1 N–H and O–H groups in total. The zero-order valence-corrected chi connectivity index (χ0v) is 7.99. The molecule has 0 aliphatic heterocycles. The van der Waals surface area contributed by atoms with Gasteiger partial charge in [0.2, 0.25) is 0 Å². The quantitative estimate of drug-likeness (QED) is 0.813. The number of nitrogens with zero attached hydrogens (tertiary/aromatic N) is 2. The van der Waals surface area contributed by atoms with Gasteiger partial charge in [-0.15, -0.1) is 11.3 Å². The van der Waals surface area contributed by atoms with Crippen LogP contribution >= 0.6 is 11.3 Å². The summed E-state index contributed by atoms with van der Waals surface area (Å²) < 4.78 is 0. The Morgan fingerprint density at radius 1 is 1.36 bits per heavy atom. The van der Waals surface area contributed by atoms with E-state index in [1.54, 1.807) is 30.0 Å². The molecule has 1 amide bonds. The molecule has 70 valence electrons. The van der Waals surface area contributed by atoms with Gasteiger partial charge in [-0.05, 0) is 12.1 Å². The average molecular weight is 205 g/mol. The van der Waals surface area contributed by atoms with Crippen molar-refractivity contribution in [3.8, 4) is 0 Å². The fourth-order valence-electron chi connectivity index (χ4n) is 0.959. The van der Waals surface area contributed by atoms with E-state index in [4.69, 9.17) is 0 Å². The number of carbonyl (C=O) groups excluding carboxylic acids is 1. The number of hydrogen-bond acceptors (Lipinski definition) is 4. The van der Waals surface area contributed by atoms with Crippen molar-refractivity contribution in [2.75, 3.05) is 5.32 Å². The minimum atomic E-state index is -0.164. The third-order valence-corrected chi connectivity index (χ3v) is 2.28. The first-order chi connectivity index (χ1) is 6.86. The van der Waals surface area contributed by atoms with Crippen molar-refractivity contribution in [3.63, 3.8) is 0 Å². The van der Waals surface area contributed by atoms with Crippen LogP contribution in [0.4, 0.5) is 5.00 Å². The van der Waals surface area contributed by atoms with Crippen LogP contribution in [0.1, 0.15) is 10.4 Å². The first kappa shape index (κ1) is 8.83. The zero-order valence-electron chi connectivity index (χ0n) is 7.18. The molecule has 0 aromatic carbocycles. The van der Waals surface area contributed by atoms with Crippen LogP contribution in [-0.4, -0.2) is 15.9 Å². The summed E-state index contributed by atoms with van der Waals surface area (Å²) in [7, 11) is 0. The van der Waals surface area contributed by atoms with Gasteiger partial charge in [0, 0.05) is 12.4 Å². The predicted octanol–water partition coefficient (Wildman–Crippen LogP) is 1.79. The lowest BCUT2D eigenvalue weighted by Gasteiger charge is -1.99. The van der Waals surface area contributed by atoms with Crippen molar-refractivity contribution >= 4 is 22.2 Å². The molecule has 2 aromatic heterocycles. The van der Waals surface area contributed by atoms with E-state index in [2.05, 4.69) is 15.3 Å². The molecule has 2 aromatic rings. The Labute approximate surface area is 84.6 Å². The average Bonchev–Trinajstić information content (AvgIpc) is 2.72. The lowest BCUT2D eigenvalue weighted by Crippen LogP contribution is -2.10. The molecule has 5 heteroatoms. The highest BCUT2D eigenvalue weighted by Crippen LogP contribution is 2.13. The first-order valence-electron chi connectivity index (χ1n) is 3.96. The first-order valence-corrected chi connectivity index (χ1v) is 4.84. The van der Waals surface area contributed by atoms with Gasteiger partial charge in [-0.2, -0.15) is 0 Å². The molecule has 0 spiro atoms. The van der Waals surface area contributed by atoms with Crippen LogP contribution in [0, 0.1) is 0 Å². The van der Waals surface area contributed by atoms with Crippen LogP contribution in [0.3, 0.4) is 0 Å². The Morgan fingerprint density at radius 2 is 2.29 bits per heavy atom. The third kappa shape index (κ3) is 1.94. The van der Waals surface area contributed by atoms with Gasteiger partial charge in [0.15, 0.2) is 0 Å². The highest BCUT2D eigenvalue weighted by atomic mass is 32.1. The Hall–Kier alpha value is -1.75. The second kappa shape index (κ2) is 3.97. The maximum atomic E-state index is 11.5. The van der Waals surface area contributed by atoms with Crippen LogP contribution in [0.25, 0.3) is 0 Å². The lowest BCUT2D eigenvalue weighted by atomic mass is 10.3. The van der Waals surface area contributed by atoms with Gasteiger partial charge in [-0.25, -0.2) is 0 Å². The second-order valence-corrected chi connectivity index (χ2v) is 3.45. The molecule has 0 bridgehead atoms. The van der Waals surface area contributed by atoms with Gasteiger partial charge in [0.25, 0.3) is 5.91 Å². The largest absolute Gasteiger partial charge is 0.312 e. The van der Waals surface area contributed by atoms with Crippen molar-refractivity contribution in [1.29, 1.82) is 0 Å².